The van der Waals surface area contributed by atoms with Crippen molar-refractivity contribution in [2.45, 2.75) is 44.9 Å². The molecule has 0 radical (unpaired) electrons. The molecule has 118 valence electrons. The third-order valence-electron chi connectivity index (χ3n) is 3.43. The molecule has 0 aliphatic carbocycles. The monoisotopic (exact) mass is 305 g/mol. The third-order valence-corrected chi connectivity index (χ3v) is 4.57. The van der Waals surface area contributed by atoms with Gasteiger partial charge in [0.15, 0.2) is 5.78 Å². The minimum absolute atomic E-state index is 0.0221. The van der Waals surface area contributed by atoms with E-state index in [9.17, 15) is 9.90 Å². The largest absolute Gasteiger partial charge is 0.394 e. The van der Waals surface area contributed by atoms with Crippen molar-refractivity contribution in [2.75, 3.05) is 31.3 Å². The van der Waals surface area contributed by atoms with Crippen LogP contribution in [0, 0.1) is 5.92 Å². The molecule has 0 aromatic carbocycles. The molecular formula is C14H27NO4S. The van der Waals surface area contributed by atoms with E-state index in [4.69, 9.17) is 9.84 Å². The van der Waals surface area contributed by atoms with Crippen LogP contribution in [0.15, 0.2) is 0 Å². The second kappa shape index (κ2) is 9.73. The number of thioether (sulfide) groups is 1. The molecule has 1 aliphatic rings. The van der Waals surface area contributed by atoms with Gasteiger partial charge >= 0.3 is 0 Å². The van der Waals surface area contributed by atoms with E-state index in [2.05, 4.69) is 12.2 Å². The first-order chi connectivity index (χ1) is 9.54. The molecule has 0 aromatic rings. The Morgan fingerprint density at radius 1 is 1.50 bits per heavy atom. The highest BCUT2D eigenvalue weighted by Gasteiger charge is 2.30. The van der Waals surface area contributed by atoms with Crippen molar-refractivity contribution in [3.8, 4) is 0 Å². The van der Waals surface area contributed by atoms with Crippen LogP contribution >= 0.6 is 11.8 Å². The number of aliphatic hydroxyl groups excluding tert-OH is 2. The first-order valence-electron chi connectivity index (χ1n) is 7.28. The van der Waals surface area contributed by atoms with Crippen molar-refractivity contribution in [3.63, 3.8) is 0 Å². The fraction of sp³-hybridized carbons (Fsp3) is 0.929. The van der Waals surface area contributed by atoms with Crippen LogP contribution in [-0.2, 0) is 9.53 Å². The fourth-order valence-corrected chi connectivity index (χ4v) is 3.40. The van der Waals surface area contributed by atoms with Crippen molar-refractivity contribution in [1.82, 2.24) is 5.32 Å². The molecule has 0 amide bonds. The van der Waals surface area contributed by atoms with Crippen LogP contribution in [0.1, 0.15) is 26.7 Å². The molecule has 3 N–H and O–H groups in total. The van der Waals surface area contributed by atoms with Crippen LogP contribution in [0.3, 0.4) is 0 Å². The van der Waals surface area contributed by atoms with Crippen LogP contribution in [0.5, 0.6) is 0 Å². The Hall–Kier alpha value is -0.140. The summed E-state index contributed by atoms with van der Waals surface area (Å²) in [5.41, 5.74) is 0. The van der Waals surface area contributed by atoms with E-state index in [1.165, 1.54) is 0 Å². The second-order valence-corrected chi connectivity index (χ2v) is 6.63. The summed E-state index contributed by atoms with van der Waals surface area (Å²) in [5.74, 6) is 1.91. The molecular weight excluding hydrogens is 278 g/mol. The predicted molar refractivity (Wildman–Crippen MR) is 81.0 cm³/mol. The number of rotatable bonds is 9. The maximum absolute atomic E-state index is 12.0. The summed E-state index contributed by atoms with van der Waals surface area (Å²) < 4.78 is 5.06. The molecule has 1 aliphatic heterocycles. The Labute approximate surface area is 125 Å². The zero-order chi connectivity index (χ0) is 15.0. The Kier molecular flexibility index (Phi) is 8.72. The van der Waals surface area contributed by atoms with Gasteiger partial charge in [-0.1, -0.05) is 6.92 Å². The Morgan fingerprint density at radius 3 is 2.95 bits per heavy atom. The summed E-state index contributed by atoms with van der Waals surface area (Å²) >= 11 is 1.63. The van der Waals surface area contributed by atoms with Crippen LogP contribution in [-0.4, -0.2) is 65.5 Å². The minimum atomic E-state index is -0.514. The topological polar surface area (TPSA) is 78.8 Å². The van der Waals surface area contributed by atoms with E-state index in [0.29, 0.717) is 17.6 Å². The van der Waals surface area contributed by atoms with E-state index in [1.54, 1.807) is 11.8 Å². The Bertz CT molecular complexity index is 290. The first-order valence-corrected chi connectivity index (χ1v) is 8.44. The minimum Gasteiger partial charge on any atom is -0.394 e. The third kappa shape index (κ3) is 6.54. The number of ether oxygens (including phenoxy) is 1. The molecule has 1 heterocycles. The highest BCUT2D eigenvalue weighted by molar-refractivity contribution is 7.99. The van der Waals surface area contributed by atoms with Gasteiger partial charge in [0, 0.05) is 17.7 Å². The summed E-state index contributed by atoms with van der Waals surface area (Å²) in [7, 11) is 0. The predicted octanol–water partition coefficient (Wildman–Crippen LogP) is 0.435. The van der Waals surface area contributed by atoms with E-state index in [0.717, 1.165) is 18.6 Å². The van der Waals surface area contributed by atoms with Gasteiger partial charge in [-0.2, -0.15) is 11.8 Å². The quantitative estimate of drug-likeness (QED) is 0.536. The summed E-state index contributed by atoms with van der Waals surface area (Å²) in [6, 6.07) is 0.360. The molecule has 0 spiro atoms. The van der Waals surface area contributed by atoms with Crippen molar-refractivity contribution in [3.05, 3.63) is 0 Å². The SMILES string of the molecule is CC1CC(C)C(=O)[C@H](CCSCC(O)COCCO)N1. The lowest BCUT2D eigenvalue weighted by molar-refractivity contribution is -0.126. The Morgan fingerprint density at radius 2 is 2.25 bits per heavy atom. The molecule has 5 nitrogen and oxygen atoms in total. The molecule has 1 fully saturated rings. The molecule has 0 saturated carbocycles. The second-order valence-electron chi connectivity index (χ2n) is 5.48. The van der Waals surface area contributed by atoms with Gasteiger partial charge in [0.05, 0.1) is 32.0 Å². The van der Waals surface area contributed by atoms with Gasteiger partial charge in [0.1, 0.15) is 0 Å². The maximum Gasteiger partial charge on any atom is 0.152 e. The van der Waals surface area contributed by atoms with E-state index >= 15 is 0 Å². The van der Waals surface area contributed by atoms with Gasteiger partial charge in [-0.25, -0.2) is 0 Å². The molecule has 1 saturated heterocycles. The molecule has 0 aromatic heterocycles. The summed E-state index contributed by atoms with van der Waals surface area (Å²) in [6.07, 6.45) is 1.21. The average molecular weight is 305 g/mol. The van der Waals surface area contributed by atoms with Crippen LogP contribution in [0.2, 0.25) is 0 Å². The van der Waals surface area contributed by atoms with Crippen molar-refractivity contribution in [1.29, 1.82) is 0 Å². The normalized spacial score (nSPS) is 28.6. The summed E-state index contributed by atoms with van der Waals surface area (Å²) in [6.45, 7) is 4.61. The van der Waals surface area contributed by atoms with Crippen LogP contribution in [0.4, 0.5) is 0 Å². The van der Waals surface area contributed by atoms with Gasteiger partial charge in [-0.15, -0.1) is 0 Å². The van der Waals surface area contributed by atoms with Gasteiger partial charge < -0.3 is 20.3 Å². The number of carbonyl (C=O) groups excluding carboxylic acids is 1. The average Bonchev–Trinajstić information content (AvgIpc) is 2.40. The standard InChI is InChI=1S/C14H27NO4S/c1-10-7-11(2)15-13(14(10)18)3-6-20-9-12(17)8-19-5-4-16/h10-13,15-17H,3-9H2,1-2H3/t10?,11?,12?,13-/m0/s1. The van der Waals surface area contributed by atoms with Crippen molar-refractivity contribution in [2.24, 2.45) is 5.92 Å². The van der Waals surface area contributed by atoms with E-state index < -0.39 is 6.10 Å². The highest BCUT2D eigenvalue weighted by Crippen LogP contribution is 2.19. The zero-order valence-electron chi connectivity index (χ0n) is 12.4. The lowest BCUT2D eigenvalue weighted by atomic mass is 9.87. The van der Waals surface area contributed by atoms with Crippen LogP contribution in [0.25, 0.3) is 0 Å². The molecule has 3 unspecified atom stereocenters. The first kappa shape index (κ1) is 17.9. The lowest BCUT2D eigenvalue weighted by Gasteiger charge is -2.31. The smallest absolute Gasteiger partial charge is 0.152 e. The number of hydrogen-bond acceptors (Lipinski definition) is 6. The van der Waals surface area contributed by atoms with Gasteiger partial charge in [-0.05, 0) is 25.5 Å². The highest BCUT2D eigenvalue weighted by atomic mass is 32.2. The number of carbonyl (C=O) groups is 1. The van der Waals surface area contributed by atoms with Crippen LogP contribution < -0.4 is 5.32 Å². The molecule has 0 bridgehead atoms. The zero-order valence-corrected chi connectivity index (χ0v) is 13.2. The number of nitrogens with one attached hydrogen (secondary N) is 1. The summed E-state index contributed by atoms with van der Waals surface area (Å²) in [4.78, 5) is 12.0. The van der Waals surface area contributed by atoms with Crippen molar-refractivity contribution < 1.29 is 19.7 Å². The van der Waals surface area contributed by atoms with Gasteiger partial charge in [-0.3, -0.25) is 4.79 Å². The molecule has 20 heavy (non-hydrogen) atoms. The van der Waals surface area contributed by atoms with Crippen molar-refractivity contribution >= 4 is 17.5 Å². The van der Waals surface area contributed by atoms with Gasteiger partial charge in [0.2, 0.25) is 0 Å². The van der Waals surface area contributed by atoms with Gasteiger partial charge in [0.25, 0.3) is 0 Å². The number of aliphatic hydroxyl groups is 2. The summed E-state index contributed by atoms with van der Waals surface area (Å²) in [5, 5.41) is 21.5. The number of hydrogen-bond donors (Lipinski definition) is 3. The number of ketones is 1. The Balaban J connectivity index is 2.12. The van der Waals surface area contributed by atoms with E-state index in [-0.39, 0.29) is 31.8 Å². The number of piperidine rings is 1. The molecule has 4 atom stereocenters. The molecule has 6 heteroatoms. The fourth-order valence-electron chi connectivity index (χ4n) is 2.46. The number of Topliss-reactive ketones (excluding diaryl/α,β-unsaturated/α-hetero) is 1. The van der Waals surface area contributed by atoms with E-state index in [1.807, 2.05) is 6.92 Å². The molecule has 1 rings (SSSR count). The lowest BCUT2D eigenvalue weighted by Crippen LogP contribution is -2.50. The maximum atomic E-state index is 12.0.